The number of rotatable bonds is 2. The quantitative estimate of drug-likeness (QED) is 0.830. The predicted molar refractivity (Wildman–Crippen MR) is 77.9 cm³/mol. The molecule has 0 spiro atoms. The summed E-state index contributed by atoms with van der Waals surface area (Å²) in [5.74, 6) is 0.526. The third kappa shape index (κ3) is 3.24. The lowest BCUT2D eigenvalue weighted by Gasteiger charge is -2.36. The van der Waals surface area contributed by atoms with Crippen LogP contribution in [-0.2, 0) is 14.3 Å². The van der Waals surface area contributed by atoms with Gasteiger partial charge in [-0.3, -0.25) is 9.78 Å². The fraction of sp³-hybridized carbons (Fsp3) is 0.625. The van der Waals surface area contributed by atoms with Gasteiger partial charge < -0.3 is 14.4 Å². The van der Waals surface area contributed by atoms with Gasteiger partial charge in [-0.25, -0.2) is 0 Å². The molecule has 3 rings (SSSR count). The van der Waals surface area contributed by atoms with Crippen molar-refractivity contribution in [3.63, 3.8) is 0 Å². The lowest BCUT2D eigenvalue weighted by Crippen LogP contribution is -2.51. The Kier molecular flexibility index (Phi) is 4.51. The molecule has 1 aromatic rings. The van der Waals surface area contributed by atoms with E-state index >= 15 is 0 Å². The summed E-state index contributed by atoms with van der Waals surface area (Å²) in [6, 6.07) is 6.03. The summed E-state index contributed by atoms with van der Waals surface area (Å²) in [5.41, 5.74) is 1.13. The van der Waals surface area contributed by atoms with Crippen LogP contribution in [0.3, 0.4) is 0 Å². The lowest BCUT2D eigenvalue weighted by atomic mass is 9.92. The fourth-order valence-electron chi connectivity index (χ4n) is 3.10. The summed E-state index contributed by atoms with van der Waals surface area (Å²) in [7, 11) is 0. The second kappa shape index (κ2) is 6.54. The Labute approximate surface area is 125 Å². The van der Waals surface area contributed by atoms with E-state index in [-0.39, 0.29) is 12.0 Å². The molecule has 2 saturated heterocycles. The molecule has 1 amide bonds. The molecular formula is C16H22N2O3. The Morgan fingerprint density at radius 2 is 2.00 bits per heavy atom. The number of carbonyl (C=O) groups excluding carboxylic acids is 1. The Balaban J connectivity index is 1.57. The van der Waals surface area contributed by atoms with Gasteiger partial charge in [0.2, 0.25) is 0 Å². The summed E-state index contributed by atoms with van der Waals surface area (Å²) >= 11 is 0. The van der Waals surface area contributed by atoms with Crippen LogP contribution >= 0.6 is 0 Å². The van der Waals surface area contributed by atoms with Crippen molar-refractivity contribution in [1.82, 2.24) is 9.88 Å². The number of hydrogen-bond donors (Lipinski definition) is 0. The Hall–Kier alpha value is -1.46. The average molecular weight is 290 g/mol. The molecule has 0 bridgehead atoms. The van der Waals surface area contributed by atoms with E-state index in [4.69, 9.17) is 9.47 Å². The smallest absolute Gasteiger partial charge is 0.254 e. The van der Waals surface area contributed by atoms with Crippen molar-refractivity contribution in [2.24, 2.45) is 0 Å². The number of nitrogens with zero attached hydrogens (tertiary/aromatic N) is 2. The third-order valence-corrected chi connectivity index (χ3v) is 4.34. The van der Waals surface area contributed by atoms with Gasteiger partial charge in [0.1, 0.15) is 0 Å². The maximum Gasteiger partial charge on any atom is 0.254 e. The van der Waals surface area contributed by atoms with E-state index in [9.17, 15) is 4.79 Å². The molecule has 5 nitrogen and oxygen atoms in total. The van der Waals surface area contributed by atoms with Gasteiger partial charge in [-0.1, -0.05) is 6.07 Å². The topological polar surface area (TPSA) is 51.7 Å². The first-order valence-electron chi connectivity index (χ1n) is 7.68. The van der Waals surface area contributed by atoms with E-state index in [1.54, 1.807) is 0 Å². The molecule has 0 unspecified atom stereocenters. The molecule has 0 aliphatic carbocycles. The van der Waals surface area contributed by atoms with Crippen molar-refractivity contribution in [2.75, 3.05) is 26.3 Å². The summed E-state index contributed by atoms with van der Waals surface area (Å²) < 4.78 is 11.1. The Morgan fingerprint density at radius 1 is 1.24 bits per heavy atom. The van der Waals surface area contributed by atoms with Crippen molar-refractivity contribution < 1.29 is 14.3 Å². The molecule has 0 radical (unpaired) electrons. The van der Waals surface area contributed by atoms with Crippen LogP contribution in [0.15, 0.2) is 24.4 Å². The molecule has 114 valence electrons. The SMILES string of the molecule is C[C@@H]1OCCO[C@@H]1C(=O)N1CCC(c2ccccn2)CC1. The van der Waals surface area contributed by atoms with E-state index in [0.29, 0.717) is 19.1 Å². The van der Waals surface area contributed by atoms with Crippen LogP contribution in [-0.4, -0.2) is 54.3 Å². The number of hydrogen-bond acceptors (Lipinski definition) is 4. The normalized spacial score (nSPS) is 27.6. The van der Waals surface area contributed by atoms with Gasteiger partial charge in [-0.15, -0.1) is 0 Å². The standard InChI is InChI=1S/C16H22N2O3/c1-12-15(21-11-10-20-12)16(19)18-8-5-13(6-9-18)14-4-2-3-7-17-14/h2-4,7,12-13,15H,5-6,8-11H2,1H3/t12-,15-/m0/s1. The first-order valence-corrected chi connectivity index (χ1v) is 7.68. The van der Waals surface area contributed by atoms with Crippen LogP contribution in [0.2, 0.25) is 0 Å². The minimum Gasteiger partial charge on any atom is -0.373 e. The molecular weight excluding hydrogens is 268 g/mol. The summed E-state index contributed by atoms with van der Waals surface area (Å²) in [4.78, 5) is 18.9. The van der Waals surface area contributed by atoms with E-state index < -0.39 is 6.10 Å². The first-order chi connectivity index (χ1) is 10.3. The number of likely N-dealkylation sites (tertiary alicyclic amines) is 1. The zero-order chi connectivity index (χ0) is 14.7. The minimum atomic E-state index is -0.440. The molecule has 2 fully saturated rings. The highest BCUT2D eigenvalue weighted by molar-refractivity contribution is 5.81. The average Bonchev–Trinajstić information content (AvgIpc) is 2.56. The summed E-state index contributed by atoms with van der Waals surface area (Å²) in [6.07, 6.45) is 3.17. The molecule has 21 heavy (non-hydrogen) atoms. The molecule has 0 N–H and O–H groups in total. The van der Waals surface area contributed by atoms with Crippen molar-refractivity contribution in [3.05, 3.63) is 30.1 Å². The molecule has 3 heterocycles. The largest absolute Gasteiger partial charge is 0.373 e. The highest BCUT2D eigenvalue weighted by atomic mass is 16.6. The van der Waals surface area contributed by atoms with Crippen LogP contribution in [0.4, 0.5) is 0 Å². The molecule has 0 saturated carbocycles. The first kappa shape index (κ1) is 14.5. The van der Waals surface area contributed by atoms with Gasteiger partial charge in [-0.05, 0) is 31.9 Å². The second-order valence-electron chi connectivity index (χ2n) is 5.72. The van der Waals surface area contributed by atoms with Crippen molar-refractivity contribution in [2.45, 2.75) is 37.9 Å². The predicted octanol–water partition coefficient (Wildman–Crippen LogP) is 1.59. The van der Waals surface area contributed by atoms with Crippen LogP contribution in [0.25, 0.3) is 0 Å². The minimum absolute atomic E-state index is 0.0710. The van der Waals surface area contributed by atoms with Crippen LogP contribution < -0.4 is 0 Å². The van der Waals surface area contributed by atoms with Gasteiger partial charge in [0.15, 0.2) is 6.10 Å². The van der Waals surface area contributed by atoms with E-state index in [1.807, 2.05) is 30.2 Å². The van der Waals surface area contributed by atoms with Crippen LogP contribution in [0, 0.1) is 0 Å². The highest BCUT2D eigenvalue weighted by Crippen LogP contribution is 2.27. The molecule has 2 aliphatic rings. The van der Waals surface area contributed by atoms with Crippen LogP contribution in [0.1, 0.15) is 31.4 Å². The number of pyridine rings is 1. The number of piperidine rings is 1. The summed E-state index contributed by atoms with van der Waals surface area (Å²) in [6.45, 7) is 4.53. The molecule has 2 atom stereocenters. The maximum absolute atomic E-state index is 12.5. The summed E-state index contributed by atoms with van der Waals surface area (Å²) in [5, 5.41) is 0. The number of ether oxygens (including phenoxy) is 2. The van der Waals surface area contributed by atoms with Crippen molar-refractivity contribution in [3.8, 4) is 0 Å². The Bertz CT molecular complexity index is 472. The van der Waals surface area contributed by atoms with Gasteiger partial charge >= 0.3 is 0 Å². The molecule has 0 aromatic carbocycles. The van der Waals surface area contributed by atoms with Gasteiger partial charge in [0.25, 0.3) is 5.91 Å². The lowest BCUT2D eigenvalue weighted by molar-refractivity contribution is -0.172. The molecule has 2 aliphatic heterocycles. The number of aromatic nitrogens is 1. The number of amides is 1. The Morgan fingerprint density at radius 3 is 2.67 bits per heavy atom. The van der Waals surface area contributed by atoms with E-state index in [1.165, 1.54) is 0 Å². The number of carbonyl (C=O) groups is 1. The van der Waals surface area contributed by atoms with Crippen molar-refractivity contribution in [1.29, 1.82) is 0 Å². The van der Waals surface area contributed by atoms with Gasteiger partial charge in [-0.2, -0.15) is 0 Å². The van der Waals surface area contributed by atoms with Gasteiger partial charge in [0, 0.05) is 30.9 Å². The fourth-order valence-corrected chi connectivity index (χ4v) is 3.10. The molecule has 1 aromatic heterocycles. The monoisotopic (exact) mass is 290 g/mol. The van der Waals surface area contributed by atoms with Crippen molar-refractivity contribution >= 4 is 5.91 Å². The third-order valence-electron chi connectivity index (χ3n) is 4.34. The maximum atomic E-state index is 12.5. The second-order valence-corrected chi connectivity index (χ2v) is 5.72. The van der Waals surface area contributed by atoms with E-state index in [2.05, 4.69) is 11.1 Å². The zero-order valence-corrected chi connectivity index (χ0v) is 12.4. The van der Waals surface area contributed by atoms with E-state index in [0.717, 1.165) is 31.6 Å². The molecule has 5 heteroatoms. The zero-order valence-electron chi connectivity index (χ0n) is 12.4. The highest BCUT2D eigenvalue weighted by Gasteiger charge is 2.35. The van der Waals surface area contributed by atoms with Gasteiger partial charge in [0.05, 0.1) is 19.3 Å². The van der Waals surface area contributed by atoms with Crippen LogP contribution in [0.5, 0.6) is 0 Å².